The zero-order valence-corrected chi connectivity index (χ0v) is 18.9. The Balaban J connectivity index is 1.55. The first-order valence-electron chi connectivity index (χ1n) is 11.3. The topological polar surface area (TPSA) is 71.5 Å². The molecule has 6 heteroatoms. The molecule has 2 amide bonds. The Morgan fingerprint density at radius 3 is 2.52 bits per heavy atom. The van der Waals surface area contributed by atoms with Crippen LogP contribution in [0.1, 0.15) is 18.4 Å². The lowest BCUT2D eigenvalue weighted by Gasteiger charge is -2.42. The second-order valence-electron chi connectivity index (χ2n) is 8.45. The van der Waals surface area contributed by atoms with Gasteiger partial charge >= 0.3 is 0 Å². The van der Waals surface area contributed by atoms with E-state index >= 15 is 0 Å². The Labute approximate surface area is 194 Å². The Kier molecular flexibility index (Phi) is 7.03. The third kappa shape index (κ3) is 5.22. The van der Waals surface area contributed by atoms with Gasteiger partial charge in [-0.3, -0.25) is 14.6 Å². The summed E-state index contributed by atoms with van der Waals surface area (Å²) in [5.74, 6) is 0.523. The van der Waals surface area contributed by atoms with Crippen molar-refractivity contribution < 1.29 is 14.3 Å². The minimum atomic E-state index is -0.696. The molecule has 1 aliphatic rings. The maximum Gasteiger partial charge on any atom is 0.260 e. The van der Waals surface area contributed by atoms with Crippen molar-refractivity contribution in [3.05, 3.63) is 84.7 Å². The minimum Gasteiger partial charge on any atom is -0.484 e. The van der Waals surface area contributed by atoms with E-state index < -0.39 is 5.41 Å². The summed E-state index contributed by atoms with van der Waals surface area (Å²) in [5.41, 5.74) is 2.53. The predicted molar refractivity (Wildman–Crippen MR) is 128 cm³/mol. The van der Waals surface area contributed by atoms with E-state index in [1.807, 2.05) is 54.6 Å². The molecular weight excluding hydrogens is 414 g/mol. The number of carbonyl (C=O) groups excluding carboxylic acids is 2. The Hall–Kier alpha value is -3.67. The fourth-order valence-corrected chi connectivity index (χ4v) is 4.62. The van der Waals surface area contributed by atoms with Crippen molar-refractivity contribution in [3.63, 3.8) is 0 Å². The molecule has 33 heavy (non-hydrogen) atoms. The molecule has 4 rings (SSSR count). The SMILES string of the molecule is CNC(=O)C1(Cc2ccccc2-c2ccncc2)CCCN(C(=O)COc2ccccc2)C1. The number of ether oxygens (including phenoxy) is 1. The highest BCUT2D eigenvalue weighted by Crippen LogP contribution is 2.37. The molecule has 6 nitrogen and oxygen atoms in total. The molecule has 1 fully saturated rings. The van der Waals surface area contributed by atoms with Crippen molar-refractivity contribution in [2.45, 2.75) is 19.3 Å². The van der Waals surface area contributed by atoms with Gasteiger partial charge in [0.15, 0.2) is 6.61 Å². The lowest BCUT2D eigenvalue weighted by atomic mass is 9.73. The molecular formula is C27H29N3O3. The summed E-state index contributed by atoms with van der Waals surface area (Å²) in [6, 6.07) is 21.4. The van der Waals surface area contributed by atoms with Crippen LogP contribution < -0.4 is 10.1 Å². The lowest BCUT2D eigenvalue weighted by molar-refractivity contribution is -0.142. The number of para-hydroxylation sites is 1. The number of aromatic nitrogens is 1. The number of amides is 2. The van der Waals surface area contributed by atoms with Gasteiger partial charge in [-0.05, 0) is 60.2 Å². The predicted octanol–water partition coefficient (Wildman–Crippen LogP) is 3.72. The van der Waals surface area contributed by atoms with Crippen molar-refractivity contribution in [1.29, 1.82) is 0 Å². The molecule has 1 aromatic heterocycles. The molecule has 1 N–H and O–H groups in total. The second-order valence-corrected chi connectivity index (χ2v) is 8.45. The standard InChI is InChI=1S/C27H29N3O3/c1-28-26(32)27(18-22-8-5-6-11-24(22)21-12-15-29-16-13-21)14-7-17-30(20-27)25(31)19-33-23-9-3-2-4-10-23/h2-6,8-13,15-16H,7,14,17-20H2,1H3,(H,28,32). The Bertz CT molecular complexity index is 1090. The zero-order valence-electron chi connectivity index (χ0n) is 18.9. The number of rotatable bonds is 7. The van der Waals surface area contributed by atoms with Crippen LogP contribution in [-0.4, -0.2) is 48.4 Å². The molecule has 2 heterocycles. The van der Waals surface area contributed by atoms with Crippen molar-refractivity contribution in [1.82, 2.24) is 15.2 Å². The van der Waals surface area contributed by atoms with E-state index in [1.165, 1.54) is 0 Å². The minimum absolute atomic E-state index is 0.0338. The van der Waals surface area contributed by atoms with E-state index in [-0.39, 0.29) is 18.4 Å². The van der Waals surface area contributed by atoms with E-state index in [0.717, 1.165) is 29.5 Å². The highest BCUT2D eigenvalue weighted by atomic mass is 16.5. The number of hydrogen-bond donors (Lipinski definition) is 1. The smallest absolute Gasteiger partial charge is 0.260 e. The first-order valence-corrected chi connectivity index (χ1v) is 11.3. The van der Waals surface area contributed by atoms with Gasteiger partial charge in [-0.1, -0.05) is 42.5 Å². The number of likely N-dealkylation sites (tertiary alicyclic amines) is 1. The number of hydrogen-bond acceptors (Lipinski definition) is 4. The van der Waals surface area contributed by atoms with Crippen LogP contribution in [0, 0.1) is 5.41 Å². The van der Waals surface area contributed by atoms with Gasteiger partial charge in [0.05, 0.1) is 5.41 Å². The van der Waals surface area contributed by atoms with Gasteiger partial charge in [0, 0.05) is 32.5 Å². The third-order valence-corrected chi connectivity index (χ3v) is 6.28. The summed E-state index contributed by atoms with van der Waals surface area (Å²) < 4.78 is 5.67. The van der Waals surface area contributed by atoms with E-state index in [4.69, 9.17) is 4.74 Å². The molecule has 1 atom stereocenters. The summed E-state index contributed by atoms with van der Waals surface area (Å²) in [6.07, 6.45) is 5.58. The van der Waals surface area contributed by atoms with E-state index in [0.29, 0.717) is 25.3 Å². The normalized spacial score (nSPS) is 17.9. The average molecular weight is 444 g/mol. The fourth-order valence-electron chi connectivity index (χ4n) is 4.62. The first kappa shape index (κ1) is 22.5. The summed E-state index contributed by atoms with van der Waals surface area (Å²) in [5, 5.41) is 2.85. The van der Waals surface area contributed by atoms with Gasteiger partial charge in [-0.2, -0.15) is 0 Å². The highest BCUT2D eigenvalue weighted by molar-refractivity contribution is 5.85. The van der Waals surface area contributed by atoms with Crippen LogP contribution in [0.4, 0.5) is 0 Å². The molecule has 1 unspecified atom stereocenters. The Morgan fingerprint density at radius 1 is 1.03 bits per heavy atom. The van der Waals surface area contributed by atoms with Gasteiger partial charge in [-0.25, -0.2) is 0 Å². The van der Waals surface area contributed by atoms with E-state index in [1.54, 1.807) is 24.3 Å². The van der Waals surface area contributed by atoms with Crippen LogP contribution in [0.2, 0.25) is 0 Å². The van der Waals surface area contributed by atoms with Crippen LogP contribution in [0.25, 0.3) is 11.1 Å². The summed E-state index contributed by atoms with van der Waals surface area (Å²) in [4.78, 5) is 32.1. The van der Waals surface area contributed by atoms with Crippen LogP contribution in [0.15, 0.2) is 79.1 Å². The Morgan fingerprint density at radius 2 is 1.76 bits per heavy atom. The monoisotopic (exact) mass is 443 g/mol. The molecule has 2 aromatic carbocycles. The van der Waals surface area contributed by atoms with E-state index in [2.05, 4.69) is 22.4 Å². The highest BCUT2D eigenvalue weighted by Gasteiger charge is 2.43. The maximum absolute atomic E-state index is 13.2. The van der Waals surface area contributed by atoms with Gasteiger partial charge in [0.25, 0.3) is 5.91 Å². The largest absolute Gasteiger partial charge is 0.484 e. The van der Waals surface area contributed by atoms with Crippen molar-refractivity contribution in [2.75, 3.05) is 26.7 Å². The van der Waals surface area contributed by atoms with Crippen LogP contribution in [0.5, 0.6) is 5.75 Å². The fraction of sp³-hybridized carbons (Fsp3) is 0.296. The number of carbonyl (C=O) groups is 2. The number of pyridine rings is 1. The maximum atomic E-state index is 13.2. The van der Waals surface area contributed by atoms with Gasteiger partial charge in [-0.15, -0.1) is 0 Å². The quantitative estimate of drug-likeness (QED) is 0.604. The summed E-state index contributed by atoms with van der Waals surface area (Å²) in [6.45, 7) is 0.956. The number of benzene rings is 2. The number of nitrogens with one attached hydrogen (secondary N) is 1. The van der Waals surface area contributed by atoms with Crippen molar-refractivity contribution in [3.8, 4) is 16.9 Å². The van der Waals surface area contributed by atoms with E-state index in [9.17, 15) is 9.59 Å². The average Bonchev–Trinajstić information content (AvgIpc) is 2.88. The van der Waals surface area contributed by atoms with Crippen LogP contribution in [-0.2, 0) is 16.0 Å². The molecule has 3 aromatic rings. The van der Waals surface area contributed by atoms with Crippen LogP contribution in [0.3, 0.4) is 0 Å². The second kappa shape index (κ2) is 10.3. The zero-order chi connectivity index (χ0) is 23.1. The number of piperidine rings is 1. The molecule has 1 saturated heterocycles. The molecule has 170 valence electrons. The molecule has 0 spiro atoms. The lowest BCUT2D eigenvalue weighted by Crippen LogP contribution is -2.54. The molecule has 0 aliphatic carbocycles. The van der Waals surface area contributed by atoms with Crippen LogP contribution >= 0.6 is 0 Å². The molecule has 0 radical (unpaired) electrons. The van der Waals surface area contributed by atoms with Crippen molar-refractivity contribution >= 4 is 11.8 Å². The van der Waals surface area contributed by atoms with Gasteiger partial charge in [0.2, 0.25) is 5.91 Å². The van der Waals surface area contributed by atoms with Gasteiger partial charge < -0.3 is 15.0 Å². The molecule has 1 aliphatic heterocycles. The van der Waals surface area contributed by atoms with Crippen molar-refractivity contribution in [2.24, 2.45) is 5.41 Å². The van der Waals surface area contributed by atoms with Gasteiger partial charge in [0.1, 0.15) is 5.75 Å². The summed E-state index contributed by atoms with van der Waals surface area (Å²) >= 11 is 0. The molecule has 0 saturated carbocycles. The first-order chi connectivity index (χ1) is 16.1. The summed E-state index contributed by atoms with van der Waals surface area (Å²) in [7, 11) is 1.66. The third-order valence-electron chi connectivity index (χ3n) is 6.28. The molecule has 0 bridgehead atoms. The number of nitrogens with zero attached hydrogens (tertiary/aromatic N) is 2.